The van der Waals surface area contributed by atoms with Gasteiger partial charge >= 0.3 is 5.97 Å². The van der Waals surface area contributed by atoms with Crippen LogP contribution in [0.1, 0.15) is 32.0 Å². The van der Waals surface area contributed by atoms with Crippen molar-refractivity contribution in [3.8, 4) is 0 Å². The van der Waals surface area contributed by atoms with Crippen LogP contribution < -0.4 is 0 Å². The second-order valence-corrected chi connectivity index (χ2v) is 5.49. The van der Waals surface area contributed by atoms with E-state index in [0.717, 1.165) is 11.8 Å². The van der Waals surface area contributed by atoms with Crippen LogP contribution in [0.3, 0.4) is 0 Å². The minimum absolute atomic E-state index is 0.112. The van der Waals surface area contributed by atoms with Crippen LogP contribution in [0.2, 0.25) is 5.02 Å². The summed E-state index contributed by atoms with van der Waals surface area (Å²) in [7, 11) is 0. The number of hydrogen-bond donors (Lipinski definition) is 1. The summed E-state index contributed by atoms with van der Waals surface area (Å²) in [6.45, 7) is 0. The van der Waals surface area contributed by atoms with Gasteiger partial charge in [0.15, 0.2) is 0 Å². The molecule has 1 N–H and O–H groups in total. The van der Waals surface area contributed by atoms with E-state index in [0.29, 0.717) is 33.6 Å². The van der Waals surface area contributed by atoms with Gasteiger partial charge in [-0.3, -0.25) is 14.8 Å². The van der Waals surface area contributed by atoms with Gasteiger partial charge < -0.3 is 5.11 Å². The third-order valence-electron chi connectivity index (χ3n) is 3.40. The first-order chi connectivity index (χ1) is 11.1. The van der Waals surface area contributed by atoms with E-state index in [4.69, 9.17) is 11.6 Å². The molecule has 3 rings (SSSR count). The fraction of sp³-hybridized carbons (Fsp3) is 0.0588. The number of nitrogens with zero attached hydrogens (tertiary/aromatic N) is 2. The molecule has 0 radical (unpaired) electrons. The molecule has 0 fully saturated rings. The highest BCUT2D eigenvalue weighted by Crippen LogP contribution is 2.23. The zero-order valence-electron chi connectivity index (χ0n) is 11.9. The molecule has 2 heterocycles. The van der Waals surface area contributed by atoms with Crippen molar-refractivity contribution in [2.75, 3.05) is 0 Å². The maximum absolute atomic E-state index is 11.5. The molecule has 0 aliphatic carbocycles. The molecule has 0 atom stereocenters. The molecule has 0 aliphatic rings. The molecule has 0 spiro atoms. The molecular formula is C17H11ClN2O3. The van der Waals surface area contributed by atoms with Crippen molar-refractivity contribution in [2.45, 2.75) is 6.42 Å². The maximum atomic E-state index is 11.5. The van der Waals surface area contributed by atoms with E-state index in [9.17, 15) is 14.7 Å². The summed E-state index contributed by atoms with van der Waals surface area (Å²) in [6, 6.07) is 8.36. The second-order valence-electron chi connectivity index (χ2n) is 5.05. The number of carboxylic acids is 1. The molecule has 6 heteroatoms. The van der Waals surface area contributed by atoms with Crippen LogP contribution in [0, 0.1) is 0 Å². The number of fused-ring (bicyclic) bond motifs is 1. The van der Waals surface area contributed by atoms with Gasteiger partial charge in [-0.2, -0.15) is 0 Å². The number of benzene rings is 1. The molecule has 0 aliphatic heterocycles. The van der Waals surface area contributed by atoms with E-state index in [2.05, 4.69) is 9.97 Å². The molecular weight excluding hydrogens is 316 g/mol. The summed E-state index contributed by atoms with van der Waals surface area (Å²) in [4.78, 5) is 30.6. The Morgan fingerprint density at radius 2 is 2.04 bits per heavy atom. The van der Waals surface area contributed by atoms with Crippen molar-refractivity contribution in [2.24, 2.45) is 0 Å². The lowest BCUT2D eigenvalue weighted by Gasteiger charge is -2.07. The Morgan fingerprint density at radius 1 is 1.22 bits per heavy atom. The van der Waals surface area contributed by atoms with E-state index < -0.39 is 5.97 Å². The molecule has 3 aromatic rings. The number of carboxylic acid groups (broad SMARTS) is 1. The number of aromatic carboxylic acids is 1. The third-order valence-corrected chi connectivity index (χ3v) is 3.61. The lowest BCUT2D eigenvalue weighted by Crippen LogP contribution is -2.02. The predicted octanol–water partition coefficient (Wildman–Crippen LogP) is 3.38. The minimum atomic E-state index is -1.05. The van der Waals surface area contributed by atoms with E-state index in [1.54, 1.807) is 30.5 Å². The van der Waals surface area contributed by atoms with Gasteiger partial charge in [0.05, 0.1) is 16.1 Å². The highest BCUT2D eigenvalue weighted by molar-refractivity contribution is 6.31. The van der Waals surface area contributed by atoms with Gasteiger partial charge in [0, 0.05) is 35.5 Å². The Bertz CT molecular complexity index is 925. The van der Waals surface area contributed by atoms with Crippen molar-refractivity contribution < 1.29 is 14.7 Å². The van der Waals surface area contributed by atoms with E-state index in [1.165, 1.54) is 6.20 Å². The predicted molar refractivity (Wildman–Crippen MR) is 86.1 cm³/mol. The molecule has 0 saturated heterocycles. The van der Waals surface area contributed by atoms with Crippen molar-refractivity contribution in [1.29, 1.82) is 0 Å². The maximum Gasteiger partial charge on any atom is 0.337 e. The number of rotatable bonds is 4. The number of aromatic nitrogens is 2. The molecule has 5 nitrogen and oxygen atoms in total. The van der Waals surface area contributed by atoms with Gasteiger partial charge in [0.25, 0.3) is 0 Å². The van der Waals surface area contributed by atoms with E-state index in [-0.39, 0.29) is 5.56 Å². The van der Waals surface area contributed by atoms with Crippen LogP contribution in [0.15, 0.2) is 42.7 Å². The summed E-state index contributed by atoms with van der Waals surface area (Å²) in [5.74, 6) is -1.05. The fourth-order valence-electron chi connectivity index (χ4n) is 2.43. The molecule has 0 saturated carbocycles. The number of carbonyl (C=O) groups excluding carboxylic acids is 1. The Morgan fingerprint density at radius 3 is 2.78 bits per heavy atom. The average Bonchev–Trinajstić information content (AvgIpc) is 2.53. The number of carbonyl (C=O) groups is 2. The Kier molecular flexibility index (Phi) is 4.04. The van der Waals surface area contributed by atoms with Gasteiger partial charge in [-0.15, -0.1) is 0 Å². The summed E-state index contributed by atoms with van der Waals surface area (Å²) in [5.41, 5.74) is 2.47. The first-order valence-electron chi connectivity index (χ1n) is 6.78. The summed E-state index contributed by atoms with van der Waals surface area (Å²) in [5, 5.41) is 10.5. The monoisotopic (exact) mass is 326 g/mol. The summed E-state index contributed by atoms with van der Waals surface area (Å²) in [6.07, 6.45) is 4.13. The second kappa shape index (κ2) is 6.14. The fourth-order valence-corrected chi connectivity index (χ4v) is 2.59. The lowest BCUT2D eigenvalue weighted by molar-refractivity contribution is 0.0698. The Balaban J connectivity index is 2.10. The smallest absolute Gasteiger partial charge is 0.337 e. The van der Waals surface area contributed by atoms with Crippen LogP contribution in [0.25, 0.3) is 10.9 Å². The summed E-state index contributed by atoms with van der Waals surface area (Å²) >= 11 is 5.94. The summed E-state index contributed by atoms with van der Waals surface area (Å²) < 4.78 is 0. The molecule has 114 valence electrons. The van der Waals surface area contributed by atoms with Crippen molar-refractivity contribution in [1.82, 2.24) is 9.97 Å². The number of halogens is 1. The first kappa shape index (κ1) is 15.1. The Labute approximate surface area is 136 Å². The molecule has 0 bridgehead atoms. The minimum Gasteiger partial charge on any atom is -0.478 e. The SMILES string of the molecule is O=Cc1ccnc(Cc2cc(C(=O)O)c3ncc(Cl)cc3c2)c1. The van der Waals surface area contributed by atoms with E-state index in [1.807, 2.05) is 6.07 Å². The van der Waals surface area contributed by atoms with Crippen molar-refractivity contribution in [3.63, 3.8) is 0 Å². The quantitative estimate of drug-likeness (QED) is 0.743. The number of pyridine rings is 2. The standard InChI is InChI=1S/C17H11ClN2O3/c18-13-7-12-3-11(5-14-4-10(9-21)1-2-19-14)6-15(17(22)23)16(12)20-8-13/h1-4,6-9H,5H2,(H,22,23). The largest absolute Gasteiger partial charge is 0.478 e. The third kappa shape index (κ3) is 3.19. The van der Waals surface area contributed by atoms with Crippen molar-refractivity contribution in [3.05, 3.63) is 70.1 Å². The molecule has 23 heavy (non-hydrogen) atoms. The molecule has 1 aromatic carbocycles. The zero-order valence-corrected chi connectivity index (χ0v) is 12.6. The normalized spacial score (nSPS) is 10.7. The van der Waals surface area contributed by atoms with Crippen LogP contribution in [0.4, 0.5) is 0 Å². The van der Waals surface area contributed by atoms with Gasteiger partial charge in [-0.05, 0) is 35.9 Å². The molecule has 0 unspecified atom stereocenters. The topological polar surface area (TPSA) is 80.2 Å². The van der Waals surface area contributed by atoms with Crippen LogP contribution in [-0.4, -0.2) is 27.3 Å². The molecule has 2 aromatic heterocycles. The first-order valence-corrected chi connectivity index (χ1v) is 7.16. The highest BCUT2D eigenvalue weighted by atomic mass is 35.5. The number of aldehydes is 1. The van der Waals surface area contributed by atoms with Gasteiger partial charge in [0.2, 0.25) is 0 Å². The average molecular weight is 327 g/mol. The zero-order chi connectivity index (χ0) is 16.4. The highest BCUT2D eigenvalue weighted by Gasteiger charge is 2.13. The van der Waals surface area contributed by atoms with Gasteiger partial charge in [0.1, 0.15) is 6.29 Å². The van der Waals surface area contributed by atoms with Crippen LogP contribution in [0.5, 0.6) is 0 Å². The van der Waals surface area contributed by atoms with Gasteiger partial charge in [-0.25, -0.2) is 4.79 Å². The van der Waals surface area contributed by atoms with Gasteiger partial charge in [-0.1, -0.05) is 11.6 Å². The van der Waals surface area contributed by atoms with Crippen LogP contribution in [-0.2, 0) is 6.42 Å². The molecule has 0 amide bonds. The Hall–Kier alpha value is -2.79. The van der Waals surface area contributed by atoms with E-state index >= 15 is 0 Å². The van der Waals surface area contributed by atoms with Crippen molar-refractivity contribution >= 4 is 34.8 Å². The lowest BCUT2D eigenvalue weighted by atomic mass is 10.0. The van der Waals surface area contributed by atoms with Crippen LogP contribution >= 0.6 is 11.6 Å². The number of hydrogen-bond acceptors (Lipinski definition) is 4.